The summed E-state index contributed by atoms with van der Waals surface area (Å²) in [5.41, 5.74) is 1.27. The Kier molecular flexibility index (Phi) is 8.16. The molecule has 1 N–H and O–H groups in total. The molecule has 1 fully saturated rings. The van der Waals surface area contributed by atoms with E-state index < -0.39 is 10.0 Å². The molecule has 0 spiro atoms. The maximum atomic E-state index is 13.1. The van der Waals surface area contributed by atoms with Gasteiger partial charge in [0.25, 0.3) is 0 Å². The minimum atomic E-state index is -3.64. The first-order chi connectivity index (χ1) is 16.0. The predicted octanol–water partition coefficient (Wildman–Crippen LogP) is 3.30. The van der Waals surface area contributed by atoms with E-state index >= 15 is 0 Å². The fourth-order valence-electron chi connectivity index (χ4n) is 3.97. The van der Waals surface area contributed by atoms with Gasteiger partial charge >= 0.3 is 0 Å². The predicted molar refractivity (Wildman–Crippen MR) is 129 cm³/mol. The molecule has 1 saturated heterocycles. The normalized spacial score (nSPS) is 17.3. The van der Waals surface area contributed by atoms with E-state index in [1.54, 1.807) is 30.0 Å². The second-order valence-electron chi connectivity index (χ2n) is 8.17. The van der Waals surface area contributed by atoms with Crippen LogP contribution < -0.4 is 14.8 Å². The van der Waals surface area contributed by atoms with Crippen LogP contribution in [-0.2, 0) is 20.6 Å². The van der Waals surface area contributed by atoms with Crippen molar-refractivity contribution in [3.63, 3.8) is 0 Å². The zero-order chi connectivity index (χ0) is 23.1. The second kappa shape index (κ2) is 11.3. The van der Waals surface area contributed by atoms with Gasteiger partial charge in [0.2, 0.25) is 15.9 Å². The van der Waals surface area contributed by atoms with Crippen molar-refractivity contribution >= 4 is 27.7 Å². The molecule has 7 nitrogen and oxygen atoms in total. The van der Waals surface area contributed by atoms with E-state index in [-0.39, 0.29) is 16.7 Å². The summed E-state index contributed by atoms with van der Waals surface area (Å²) in [5, 5.41) is 3.01. The molecule has 0 unspecified atom stereocenters. The maximum Gasteiger partial charge on any atom is 0.243 e. The summed E-state index contributed by atoms with van der Waals surface area (Å²) in [6.45, 7) is 2.34. The number of nitrogens with zero attached hydrogens (tertiary/aromatic N) is 1. The fraction of sp³-hybridized carbons (Fsp3) is 0.458. The molecular weight excluding hydrogens is 460 g/mol. The Balaban J connectivity index is 1.23. The quantitative estimate of drug-likeness (QED) is 0.572. The number of piperidine rings is 1. The van der Waals surface area contributed by atoms with Crippen molar-refractivity contribution < 1.29 is 22.7 Å². The highest BCUT2D eigenvalue weighted by Crippen LogP contribution is 2.33. The van der Waals surface area contributed by atoms with Gasteiger partial charge in [-0.05, 0) is 30.5 Å². The molecule has 0 aromatic heterocycles. The SMILES string of the molecule is O=C(NCCSCc1ccccc1)C1CCN(S(=O)(=O)c2ccc3c(c2)OCCCO3)CC1. The minimum absolute atomic E-state index is 0.0166. The van der Waals surface area contributed by atoms with Gasteiger partial charge in [-0.1, -0.05) is 30.3 Å². The summed E-state index contributed by atoms with van der Waals surface area (Å²) in [4.78, 5) is 12.7. The number of hydrogen-bond donors (Lipinski definition) is 1. The molecule has 0 radical (unpaired) electrons. The Bertz CT molecular complexity index is 1040. The highest BCUT2D eigenvalue weighted by molar-refractivity contribution is 7.98. The Morgan fingerprint density at radius 2 is 1.76 bits per heavy atom. The number of benzene rings is 2. The largest absolute Gasteiger partial charge is 0.490 e. The van der Waals surface area contributed by atoms with Gasteiger partial charge in [-0.15, -0.1) is 0 Å². The van der Waals surface area contributed by atoms with E-state index in [2.05, 4.69) is 17.4 Å². The number of fused-ring (bicyclic) bond motifs is 1. The molecule has 0 bridgehead atoms. The van der Waals surface area contributed by atoms with Gasteiger partial charge in [-0.25, -0.2) is 8.42 Å². The molecule has 1 amide bonds. The Morgan fingerprint density at radius 1 is 1.03 bits per heavy atom. The highest BCUT2D eigenvalue weighted by Gasteiger charge is 2.32. The van der Waals surface area contributed by atoms with Crippen LogP contribution in [0, 0.1) is 5.92 Å². The number of ether oxygens (including phenoxy) is 2. The second-order valence-corrected chi connectivity index (χ2v) is 11.2. The molecule has 178 valence electrons. The van der Waals surface area contributed by atoms with Crippen molar-refractivity contribution in [1.82, 2.24) is 9.62 Å². The van der Waals surface area contributed by atoms with Gasteiger partial charge in [0.1, 0.15) is 0 Å². The van der Waals surface area contributed by atoms with Gasteiger partial charge in [0, 0.05) is 49.5 Å². The monoisotopic (exact) mass is 490 g/mol. The van der Waals surface area contributed by atoms with E-state index in [0.29, 0.717) is 57.2 Å². The molecule has 0 atom stereocenters. The van der Waals surface area contributed by atoms with Crippen LogP contribution in [0.5, 0.6) is 11.5 Å². The summed E-state index contributed by atoms with van der Waals surface area (Å²) >= 11 is 1.79. The molecule has 2 heterocycles. The summed E-state index contributed by atoms with van der Waals surface area (Å²) in [6, 6.07) is 15.0. The molecule has 2 aromatic rings. The molecule has 0 saturated carbocycles. The number of carbonyl (C=O) groups is 1. The van der Waals surface area contributed by atoms with Crippen LogP contribution >= 0.6 is 11.8 Å². The topological polar surface area (TPSA) is 84.9 Å². The fourth-order valence-corrected chi connectivity index (χ4v) is 6.27. The summed E-state index contributed by atoms with van der Waals surface area (Å²) < 4.78 is 38.9. The summed E-state index contributed by atoms with van der Waals surface area (Å²) in [5.74, 6) is 2.67. The maximum absolute atomic E-state index is 13.1. The third-order valence-corrected chi connectivity index (χ3v) is 8.76. The van der Waals surface area contributed by atoms with Crippen molar-refractivity contribution in [2.45, 2.75) is 29.9 Å². The third kappa shape index (κ3) is 6.22. The molecule has 0 aliphatic carbocycles. The van der Waals surface area contributed by atoms with Gasteiger partial charge in [0.05, 0.1) is 18.1 Å². The van der Waals surface area contributed by atoms with E-state index in [4.69, 9.17) is 9.47 Å². The van der Waals surface area contributed by atoms with Gasteiger partial charge in [-0.3, -0.25) is 4.79 Å². The van der Waals surface area contributed by atoms with Crippen LogP contribution in [0.4, 0.5) is 0 Å². The first-order valence-corrected chi connectivity index (χ1v) is 13.9. The molecule has 9 heteroatoms. The van der Waals surface area contributed by atoms with Crippen LogP contribution in [0.25, 0.3) is 0 Å². The van der Waals surface area contributed by atoms with Crippen LogP contribution in [0.1, 0.15) is 24.8 Å². The van der Waals surface area contributed by atoms with Crippen molar-refractivity contribution in [2.75, 3.05) is 38.6 Å². The first kappa shape index (κ1) is 23.9. The molecule has 2 aliphatic rings. The zero-order valence-electron chi connectivity index (χ0n) is 18.6. The average Bonchev–Trinajstić information content (AvgIpc) is 3.09. The highest BCUT2D eigenvalue weighted by atomic mass is 32.2. The van der Waals surface area contributed by atoms with Crippen molar-refractivity contribution in [3.8, 4) is 11.5 Å². The van der Waals surface area contributed by atoms with Crippen LogP contribution in [0.15, 0.2) is 53.4 Å². The Labute approximate surface area is 199 Å². The zero-order valence-corrected chi connectivity index (χ0v) is 20.2. The number of rotatable bonds is 8. The minimum Gasteiger partial charge on any atom is -0.490 e. The molecular formula is C24H30N2O5S2. The smallest absolute Gasteiger partial charge is 0.243 e. The van der Waals surface area contributed by atoms with Gasteiger partial charge in [-0.2, -0.15) is 16.1 Å². The lowest BCUT2D eigenvalue weighted by Crippen LogP contribution is -2.43. The molecule has 2 aromatic carbocycles. The number of thioether (sulfide) groups is 1. The van der Waals surface area contributed by atoms with Crippen molar-refractivity contribution in [3.05, 3.63) is 54.1 Å². The number of nitrogens with one attached hydrogen (secondary N) is 1. The Morgan fingerprint density at radius 3 is 2.52 bits per heavy atom. The van der Waals surface area contributed by atoms with E-state index in [1.165, 1.54) is 9.87 Å². The first-order valence-electron chi connectivity index (χ1n) is 11.3. The number of hydrogen-bond acceptors (Lipinski definition) is 6. The van der Waals surface area contributed by atoms with Crippen LogP contribution in [0.2, 0.25) is 0 Å². The van der Waals surface area contributed by atoms with Crippen LogP contribution in [-0.4, -0.2) is 57.2 Å². The number of sulfonamides is 1. The number of amides is 1. The van der Waals surface area contributed by atoms with Gasteiger partial charge in [0.15, 0.2) is 11.5 Å². The molecule has 2 aliphatic heterocycles. The molecule has 4 rings (SSSR count). The lowest BCUT2D eigenvalue weighted by Gasteiger charge is -2.30. The molecule has 33 heavy (non-hydrogen) atoms. The van der Waals surface area contributed by atoms with E-state index in [9.17, 15) is 13.2 Å². The van der Waals surface area contributed by atoms with E-state index in [1.807, 2.05) is 18.2 Å². The third-order valence-electron chi connectivity index (χ3n) is 5.84. The Hall–Kier alpha value is -2.23. The average molecular weight is 491 g/mol. The van der Waals surface area contributed by atoms with Crippen molar-refractivity contribution in [2.24, 2.45) is 5.92 Å². The van der Waals surface area contributed by atoms with E-state index in [0.717, 1.165) is 17.9 Å². The van der Waals surface area contributed by atoms with Crippen molar-refractivity contribution in [1.29, 1.82) is 0 Å². The summed E-state index contributed by atoms with van der Waals surface area (Å²) in [7, 11) is -3.64. The van der Waals surface area contributed by atoms with Gasteiger partial charge < -0.3 is 14.8 Å². The van der Waals surface area contributed by atoms with Crippen LogP contribution in [0.3, 0.4) is 0 Å². The standard InChI is InChI=1S/C24H30N2O5S2/c27-24(25-11-16-32-18-19-5-2-1-3-6-19)20-9-12-26(13-10-20)33(28,29)21-7-8-22-23(17-21)31-15-4-14-30-22/h1-3,5-8,17,20H,4,9-16,18H2,(H,25,27). The number of carbonyl (C=O) groups excluding carboxylic acids is 1. The lowest BCUT2D eigenvalue weighted by molar-refractivity contribution is -0.125. The summed E-state index contributed by atoms with van der Waals surface area (Å²) in [6.07, 6.45) is 1.80. The lowest BCUT2D eigenvalue weighted by atomic mass is 9.97.